The number of carbonyl (C=O) groups excluding carboxylic acids is 2. The van der Waals surface area contributed by atoms with Gasteiger partial charge >= 0.3 is 0 Å². The molecule has 0 spiro atoms. The second kappa shape index (κ2) is 5.96. The van der Waals surface area contributed by atoms with Crippen LogP contribution in [0.4, 0.5) is 5.69 Å². The van der Waals surface area contributed by atoms with Crippen molar-refractivity contribution in [3.05, 3.63) is 42.1 Å². The lowest BCUT2D eigenvalue weighted by Crippen LogP contribution is -2.46. The highest BCUT2D eigenvalue weighted by molar-refractivity contribution is 5.89. The minimum Gasteiger partial charge on any atom is -0.461 e. The number of ether oxygens (including phenoxy) is 1. The monoisotopic (exact) mass is 325 g/mol. The molecule has 2 aromatic rings. The van der Waals surface area contributed by atoms with Crippen LogP contribution in [-0.2, 0) is 16.0 Å². The summed E-state index contributed by atoms with van der Waals surface area (Å²) in [5.41, 5.74) is 2.66. The van der Waals surface area contributed by atoms with Gasteiger partial charge in [0.25, 0.3) is 5.91 Å². The molecule has 1 atom stereocenters. The van der Waals surface area contributed by atoms with Gasteiger partial charge in [0.15, 0.2) is 5.60 Å². The summed E-state index contributed by atoms with van der Waals surface area (Å²) in [6.07, 6.45) is 2.13. The first kappa shape index (κ1) is 16.0. The molecule has 0 radical (unpaired) electrons. The van der Waals surface area contributed by atoms with Crippen molar-refractivity contribution in [2.75, 3.05) is 12.4 Å². The lowest BCUT2D eigenvalue weighted by molar-refractivity contribution is -0.133. The van der Waals surface area contributed by atoms with Gasteiger partial charge < -0.3 is 15.4 Å². The molecule has 1 unspecified atom stereocenters. The Balaban J connectivity index is 1.94. The zero-order valence-corrected chi connectivity index (χ0v) is 13.8. The molecule has 1 aromatic carbocycles. The second-order valence-electron chi connectivity index (χ2n) is 5.99. The average Bonchev–Trinajstić information content (AvgIpc) is 2.91. The first-order chi connectivity index (χ1) is 11.4. The van der Waals surface area contributed by atoms with Gasteiger partial charge in [0, 0.05) is 37.8 Å². The molecular formula is C18H19N3O3. The summed E-state index contributed by atoms with van der Waals surface area (Å²) < 4.78 is 5.81. The molecule has 2 amide bonds. The van der Waals surface area contributed by atoms with Crippen LogP contribution in [0.2, 0.25) is 0 Å². The number of amides is 2. The molecule has 1 aliphatic heterocycles. The van der Waals surface area contributed by atoms with Crippen LogP contribution < -0.4 is 15.4 Å². The smallest absolute Gasteiger partial charge is 0.264 e. The summed E-state index contributed by atoms with van der Waals surface area (Å²) in [5, 5.41) is 5.38. The van der Waals surface area contributed by atoms with Crippen molar-refractivity contribution in [2.45, 2.75) is 25.9 Å². The van der Waals surface area contributed by atoms with Gasteiger partial charge in [-0.2, -0.15) is 0 Å². The van der Waals surface area contributed by atoms with Crippen molar-refractivity contribution >= 4 is 17.5 Å². The zero-order valence-electron chi connectivity index (χ0n) is 13.8. The Morgan fingerprint density at radius 1 is 1.21 bits per heavy atom. The van der Waals surface area contributed by atoms with E-state index in [-0.39, 0.29) is 11.8 Å². The maximum Gasteiger partial charge on any atom is 0.264 e. The number of pyridine rings is 1. The standard InChI is InChI=1S/C18H19N3O3/c1-11(22)21-13-6-4-12(5-7-13)14-8-9-20-16-15(14)10-18(2,24-16)17(23)19-3/h4-9H,10H2,1-3H3,(H,19,23)(H,21,22). The van der Waals surface area contributed by atoms with Crippen LogP contribution in [0.3, 0.4) is 0 Å². The van der Waals surface area contributed by atoms with Crippen LogP contribution in [0.15, 0.2) is 36.5 Å². The van der Waals surface area contributed by atoms with Crippen molar-refractivity contribution in [3.8, 4) is 17.0 Å². The van der Waals surface area contributed by atoms with Gasteiger partial charge in [-0.1, -0.05) is 12.1 Å². The lowest BCUT2D eigenvalue weighted by atomic mass is 9.93. The van der Waals surface area contributed by atoms with E-state index in [9.17, 15) is 9.59 Å². The fraction of sp³-hybridized carbons (Fsp3) is 0.278. The Labute approximate surface area is 140 Å². The Morgan fingerprint density at radius 2 is 1.92 bits per heavy atom. The number of anilines is 1. The fourth-order valence-electron chi connectivity index (χ4n) is 2.92. The third kappa shape index (κ3) is 2.82. The molecule has 0 bridgehead atoms. The quantitative estimate of drug-likeness (QED) is 0.906. The summed E-state index contributed by atoms with van der Waals surface area (Å²) in [6.45, 7) is 3.23. The number of hydrogen-bond acceptors (Lipinski definition) is 4. The lowest BCUT2D eigenvalue weighted by Gasteiger charge is -2.20. The normalized spacial score (nSPS) is 18.5. The van der Waals surface area contributed by atoms with Crippen LogP contribution in [0.25, 0.3) is 11.1 Å². The molecule has 0 fully saturated rings. The fourth-order valence-corrected chi connectivity index (χ4v) is 2.92. The van der Waals surface area contributed by atoms with Crippen molar-refractivity contribution in [3.63, 3.8) is 0 Å². The molecule has 24 heavy (non-hydrogen) atoms. The summed E-state index contributed by atoms with van der Waals surface area (Å²) in [4.78, 5) is 27.5. The molecule has 124 valence electrons. The van der Waals surface area contributed by atoms with Crippen LogP contribution >= 0.6 is 0 Å². The highest BCUT2D eigenvalue weighted by atomic mass is 16.5. The first-order valence-electron chi connectivity index (χ1n) is 7.70. The second-order valence-corrected chi connectivity index (χ2v) is 5.99. The van der Waals surface area contributed by atoms with Gasteiger partial charge in [-0.05, 0) is 36.2 Å². The van der Waals surface area contributed by atoms with Crippen molar-refractivity contribution in [1.29, 1.82) is 0 Å². The van der Waals surface area contributed by atoms with Crippen molar-refractivity contribution < 1.29 is 14.3 Å². The maximum atomic E-state index is 12.1. The third-order valence-electron chi connectivity index (χ3n) is 4.08. The average molecular weight is 325 g/mol. The largest absolute Gasteiger partial charge is 0.461 e. The molecule has 6 heteroatoms. The molecule has 0 saturated heterocycles. The number of carbonyl (C=O) groups is 2. The van der Waals surface area contributed by atoms with Gasteiger partial charge in [0.05, 0.1) is 0 Å². The Kier molecular flexibility index (Phi) is 3.97. The molecule has 6 nitrogen and oxygen atoms in total. The molecular weight excluding hydrogens is 306 g/mol. The van der Waals surface area contributed by atoms with E-state index in [0.29, 0.717) is 12.3 Å². The number of benzene rings is 1. The van der Waals surface area contributed by atoms with Crippen molar-refractivity contribution in [1.82, 2.24) is 10.3 Å². The van der Waals surface area contributed by atoms with Gasteiger partial charge in [-0.25, -0.2) is 4.98 Å². The van der Waals surface area contributed by atoms with E-state index in [1.54, 1.807) is 20.2 Å². The number of likely N-dealkylation sites (N-methyl/N-ethyl adjacent to an activating group) is 1. The minimum atomic E-state index is -0.948. The number of rotatable bonds is 3. The van der Waals surface area contributed by atoms with Crippen LogP contribution in [-0.4, -0.2) is 29.4 Å². The minimum absolute atomic E-state index is 0.109. The number of fused-ring (bicyclic) bond motifs is 1. The summed E-state index contributed by atoms with van der Waals surface area (Å²) in [5.74, 6) is 0.208. The molecule has 0 aliphatic carbocycles. The van der Waals surface area contributed by atoms with E-state index in [0.717, 1.165) is 22.4 Å². The molecule has 1 aromatic heterocycles. The SMILES string of the molecule is CNC(=O)C1(C)Cc2c(-c3ccc(NC(C)=O)cc3)ccnc2O1. The van der Waals surface area contributed by atoms with Gasteiger partial charge in [-0.15, -0.1) is 0 Å². The number of nitrogens with zero attached hydrogens (tertiary/aromatic N) is 1. The molecule has 1 aliphatic rings. The van der Waals surface area contributed by atoms with E-state index in [2.05, 4.69) is 15.6 Å². The molecule has 2 N–H and O–H groups in total. The number of hydrogen-bond donors (Lipinski definition) is 2. The van der Waals surface area contributed by atoms with Crippen LogP contribution in [0.1, 0.15) is 19.4 Å². The highest BCUT2D eigenvalue weighted by Gasteiger charge is 2.43. The first-order valence-corrected chi connectivity index (χ1v) is 7.70. The zero-order chi connectivity index (χ0) is 17.3. The predicted octanol–water partition coefficient (Wildman–Crippen LogP) is 2.15. The third-order valence-corrected chi connectivity index (χ3v) is 4.08. The van der Waals surface area contributed by atoms with E-state index >= 15 is 0 Å². The predicted molar refractivity (Wildman–Crippen MR) is 90.8 cm³/mol. The van der Waals surface area contributed by atoms with E-state index < -0.39 is 5.60 Å². The summed E-state index contributed by atoms with van der Waals surface area (Å²) in [6, 6.07) is 9.45. The number of aromatic nitrogens is 1. The topological polar surface area (TPSA) is 80.3 Å². The van der Waals surface area contributed by atoms with Crippen LogP contribution in [0, 0.1) is 0 Å². The van der Waals surface area contributed by atoms with E-state index in [1.165, 1.54) is 6.92 Å². The van der Waals surface area contributed by atoms with E-state index in [1.807, 2.05) is 30.3 Å². The highest BCUT2D eigenvalue weighted by Crippen LogP contribution is 2.39. The molecule has 3 rings (SSSR count). The van der Waals surface area contributed by atoms with Crippen molar-refractivity contribution in [2.24, 2.45) is 0 Å². The van der Waals surface area contributed by atoms with Gasteiger partial charge in [0.2, 0.25) is 11.8 Å². The van der Waals surface area contributed by atoms with E-state index in [4.69, 9.17) is 4.74 Å². The Bertz CT molecular complexity index is 802. The summed E-state index contributed by atoms with van der Waals surface area (Å²) >= 11 is 0. The molecule has 2 heterocycles. The van der Waals surface area contributed by atoms with Gasteiger partial charge in [-0.3, -0.25) is 9.59 Å². The van der Waals surface area contributed by atoms with Gasteiger partial charge in [0.1, 0.15) is 0 Å². The van der Waals surface area contributed by atoms with Crippen LogP contribution in [0.5, 0.6) is 5.88 Å². The Hall–Kier alpha value is -2.89. The summed E-state index contributed by atoms with van der Waals surface area (Å²) in [7, 11) is 1.59. The Morgan fingerprint density at radius 3 is 2.54 bits per heavy atom. The molecule has 0 saturated carbocycles. The maximum absolute atomic E-state index is 12.1. The number of nitrogens with one attached hydrogen (secondary N) is 2.